The fraction of sp³-hybridized carbons (Fsp3) is 0.375. The van der Waals surface area contributed by atoms with E-state index in [2.05, 4.69) is 15.9 Å². The lowest BCUT2D eigenvalue weighted by Crippen LogP contribution is -2.31. The SMILES string of the molecule is CCOc1cc(/C=C2\SC(=S)N(CCOC)C2=O)c(Br)cc1OC. The number of carbonyl (C=O) groups excluding carboxylic acids is 1. The van der Waals surface area contributed by atoms with Crippen molar-refractivity contribution in [2.24, 2.45) is 0 Å². The summed E-state index contributed by atoms with van der Waals surface area (Å²) in [7, 11) is 3.18. The molecule has 0 atom stereocenters. The third kappa shape index (κ3) is 4.30. The average Bonchev–Trinajstić information content (AvgIpc) is 2.82. The number of hydrogen-bond donors (Lipinski definition) is 0. The molecule has 1 aromatic carbocycles. The monoisotopic (exact) mass is 431 g/mol. The number of amides is 1. The molecule has 1 amide bonds. The largest absolute Gasteiger partial charge is 0.493 e. The van der Waals surface area contributed by atoms with E-state index in [4.69, 9.17) is 26.4 Å². The summed E-state index contributed by atoms with van der Waals surface area (Å²) in [5.41, 5.74) is 0.825. The van der Waals surface area contributed by atoms with E-state index in [1.807, 2.05) is 19.1 Å². The number of rotatable bonds is 7. The number of nitrogens with zero attached hydrogens (tertiary/aromatic N) is 1. The van der Waals surface area contributed by atoms with Crippen molar-refractivity contribution < 1.29 is 19.0 Å². The predicted octanol–water partition coefficient (Wildman–Crippen LogP) is 3.70. The first kappa shape index (κ1) is 19.2. The van der Waals surface area contributed by atoms with E-state index in [0.717, 1.165) is 10.0 Å². The van der Waals surface area contributed by atoms with Gasteiger partial charge in [0.1, 0.15) is 4.32 Å². The number of benzene rings is 1. The van der Waals surface area contributed by atoms with Gasteiger partial charge in [-0.15, -0.1) is 0 Å². The van der Waals surface area contributed by atoms with Crippen molar-refractivity contribution in [1.82, 2.24) is 4.90 Å². The Labute approximate surface area is 159 Å². The molecule has 0 radical (unpaired) electrons. The second-order valence-electron chi connectivity index (χ2n) is 4.78. The van der Waals surface area contributed by atoms with Gasteiger partial charge in [-0.1, -0.05) is 39.9 Å². The molecule has 0 bridgehead atoms. The van der Waals surface area contributed by atoms with Gasteiger partial charge < -0.3 is 14.2 Å². The zero-order valence-corrected chi connectivity index (χ0v) is 16.8. The van der Waals surface area contributed by atoms with Crippen LogP contribution in [0.15, 0.2) is 21.5 Å². The Hall–Kier alpha value is -1.09. The molecule has 0 aromatic heterocycles. The van der Waals surface area contributed by atoms with Gasteiger partial charge >= 0.3 is 0 Å². The van der Waals surface area contributed by atoms with Gasteiger partial charge in [0.15, 0.2) is 11.5 Å². The van der Waals surface area contributed by atoms with Gasteiger partial charge in [0.2, 0.25) is 0 Å². The van der Waals surface area contributed by atoms with E-state index in [1.165, 1.54) is 11.8 Å². The summed E-state index contributed by atoms with van der Waals surface area (Å²) in [6.45, 7) is 3.32. The lowest BCUT2D eigenvalue weighted by atomic mass is 10.2. The van der Waals surface area contributed by atoms with Crippen LogP contribution in [0.25, 0.3) is 6.08 Å². The number of thiocarbonyl (C=S) groups is 1. The van der Waals surface area contributed by atoms with Crippen molar-refractivity contribution >= 4 is 56.2 Å². The Bertz CT molecular complexity index is 678. The minimum absolute atomic E-state index is 0.109. The van der Waals surface area contributed by atoms with Crippen LogP contribution in [-0.2, 0) is 9.53 Å². The van der Waals surface area contributed by atoms with E-state index >= 15 is 0 Å². The number of thioether (sulfide) groups is 1. The second kappa shape index (κ2) is 8.84. The third-order valence-electron chi connectivity index (χ3n) is 3.26. The highest BCUT2D eigenvalue weighted by molar-refractivity contribution is 9.10. The molecule has 1 aromatic rings. The van der Waals surface area contributed by atoms with Crippen LogP contribution < -0.4 is 9.47 Å². The molecule has 130 valence electrons. The molecule has 0 spiro atoms. The van der Waals surface area contributed by atoms with Crippen LogP contribution in [-0.4, -0.2) is 49.1 Å². The number of halogens is 1. The Kier molecular flexibility index (Phi) is 7.09. The molecule has 24 heavy (non-hydrogen) atoms. The summed E-state index contributed by atoms with van der Waals surface area (Å²) in [4.78, 5) is 14.6. The zero-order chi connectivity index (χ0) is 17.7. The number of carbonyl (C=O) groups is 1. The predicted molar refractivity (Wildman–Crippen MR) is 104 cm³/mol. The molecule has 1 saturated heterocycles. The molecule has 0 aliphatic carbocycles. The van der Waals surface area contributed by atoms with Crippen LogP contribution in [0.4, 0.5) is 0 Å². The lowest BCUT2D eigenvalue weighted by molar-refractivity contribution is -0.122. The van der Waals surface area contributed by atoms with Gasteiger partial charge in [-0.2, -0.15) is 0 Å². The van der Waals surface area contributed by atoms with Crippen LogP contribution in [0.2, 0.25) is 0 Å². The first-order valence-electron chi connectivity index (χ1n) is 7.26. The van der Waals surface area contributed by atoms with Crippen LogP contribution in [0, 0.1) is 0 Å². The van der Waals surface area contributed by atoms with Crippen molar-refractivity contribution in [3.8, 4) is 11.5 Å². The molecule has 0 saturated carbocycles. The Balaban J connectivity index is 2.32. The molecule has 1 heterocycles. The van der Waals surface area contributed by atoms with Crippen LogP contribution in [0.3, 0.4) is 0 Å². The summed E-state index contributed by atoms with van der Waals surface area (Å²) in [6, 6.07) is 3.66. The molecule has 2 rings (SSSR count). The van der Waals surface area contributed by atoms with Gasteiger partial charge in [-0.05, 0) is 30.7 Å². The maximum absolute atomic E-state index is 12.5. The summed E-state index contributed by atoms with van der Waals surface area (Å²) < 4.78 is 17.3. The Morgan fingerprint density at radius 1 is 1.33 bits per heavy atom. The van der Waals surface area contributed by atoms with E-state index in [-0.39, 0.29) is 5.91 Å². The van der Waals surface area contributed by atoms with E-state index < -0.39 is 0 Å². The quantitative estimate of drug-likeness (QED) is 0.484. The minimum atomic E-state index is -0.109. The molecule has 5 nitrogen and oxygen atoms in total. The number of ether oxygens (including phenoxy) is 3. The van der Waals surface area contributed by atoms with E-state index in [0.29, 0.717) is 40.5 Å². The first-order valence-corrected chi connectivity index (χ1v) is 9.28. The van der Waals surface area contributed by atoms with Crippen molar-refractivity contribution in [2.75, 3.05) is 34.0 Å². The van der Waals surface area contributed by atoms with Gasteiger partial charge in [-0.3, -0.25) is 9.69 Å². The molecular weight excluding hydrogens is 414 g/mol. The molecule has 8 heteroatoms. The molecule has 1 aliphatic rings. The second-order valence-corrected chi connectivity index (χ2v) is 7.31. The molecule has 1 aliphatic heterocycles. The van der Waals surface area contributed by atoms with Crippen molar-refractivity contribution in [2.45, 2.75) is 6.92 Å². The maximum Gasteiger partial charge on any atom is 0.266 e. The molecule has 0 N–H and O–H groups in total. The highest BCUT2D eigenvalue weighted by atomic mass is 79.9. The van der Waals surface area contributed by atoms with E-state index in [1.54, 1.807) is 25.2 Å². The topological polar surface area (TPSA) is 48.0 Å². The number of hydrogen-bond acceptors (Lipinski definition) is 6. The summed E-state index contributed by atoms with van der Waals surface area (Å²) in [6.07, 6.45) is 1.80. The summed E-state index contributed by atoms with van der Waals surface area (Å²) in [5.74, 6) is 1.15. The fourth-order valence-corrected chi connectivity index (χ4v) is 3.84. The Morgan fingerprint density at radius 2 is 2.08 bits per heavy atom. The van der Waals surface area contributed by atoms with Crippen LogP contribution >= 0.6 is 39.9 Å². The minimum Gasteiger partial charge on any atom is -0.493 e. The smallest absolute Gasteiger partial charge is 0.266 e. The summed E-state index contributed by atoms with van der Waals surface area (Å²) in [5, 5.41) is 0. The Morgan fingerprint density at radius 3 is 2.71 bits per heavy atom. The average molecular weight is 432 g/mol. The van der Waals surface area contributed by atoms with Crippen molar-refractivity contribution in [3.63, 3.8) is 0 Å². The van der Waals surface area contributed by atoms with Crippen LogP contribution in [0.1, 0.15) is 12.5 Å². The zero-order valence-electron chi connectivity index (χ0n) is 13.6. The van der Waals surface area contributed by atoms with Gasteiger partial charge in [0, 0.05) is 11.6 Å². The van der Waals surface area contributed by atoms with Gasteiger partial charge in [-0.25, -0.2) is 0 Å². The van der Waals surface area contributed by atoms with Crippen molar-refractivity contribution in [1.29, 1.82) is 0 Å². The van der Waals surface area contributed by atoms with Crippen LogP contribution in [0.5, 0.6) is 11.5 Å². The van der Waals surface area contributed by atoms with Gasteiger partial charge in [0.05, 0.1) is 31.8 Å². The maximum atomic E-state index is 12.5. The standard InChI is InChI=1S/C16H18BrNO4S2/c1-4-22-13-7-10(11(17)9-12(13)21-3)8-14-15(19)18(5-6-20-2)16(23)24-14/h7-9H,4-6H2,1-3H3/b14-8-. The fourth-order valence-electron chi connectivity index (χ4n) is 2.11. The third-order valence-corrected chi connectivity index (χ3v) is 5.33. The van der Waals surface area contributed by atoms with Crippen molar-refractivity contribution in [3.05, 3.63) is 27.1 Å². The molecule has 1 fully saturated rings. The normalized spacial score (nSPS) is 16.2. The molecule has 0 unspecified atom stereocenters. The molecular formula is C16H18BrNO4S2. The van der Waals surface area contributed by atoms with Gasteiger partial charge in [0.25, 0.3) is 5.91 Å². The number of methoxy groups -OCH3 is 2. The van der Waals surface area contributed by atoms with E-state index in [9.17, 15) is 4.79 Å². The summed E-state index contributed by atoms with van der Waals surface area (Å²) >= 11 is 10.1. The highest BCUT2D eigenvalue weighted by Crippen LogP contribution is 2.38. The lowest BCUT2D eigenvalue weighted by Gasteiger charge is -2.13. The first-order chi connectivity index (χ1) is 11.5. The highest BCUT2D eigenvalue weighted by Gasteiger charge is 2.31.